The summed E-state index contributed by atoms with van der Waals surface area (Å²) in [5.74, 6) is 0. The molecule has 0 aliphatic heterocycles. The van der Waals surface area contributed by atoms with Crippen molar-refractivity contribution in [1.82, 2.24) is 0 Å². The van der Waals surface area contributed by atoms with Crippen molar-refractivity contribution in [3.8, 4) is 0 Å². The molecular weight excluding hydrogens is 449 g/mol. The van der Waals surface area contributed by atoms with Crippen molar-refractivity contribution in [3.63, 3.8) is 0 Å². The van der Waals surface area contributed by atoms with Crippen LogP contribution in [0.4, 0.5) is 5.69 Å². The van der Waals surface area contributed by atoms with Gasteiger partial charge in [-0.2, -0.15) is 0 Å². The zero-order valence-electron chi connectivity index (χ0n) is 10.3. The number of hydrogen-bond acceptors (Lipinski definition) is 4. The number of benzene rings is 2. The molecule has 0 heterocycles. The van der Waals surface area contributed by atoms with Crippen molar-refractivity contribution in [2.75, 3.05) is 4.72 Å². The highest BCUT2D eigenvalue weighted by Gasteiger charge is 2.17. The van der Waals surface area contributed by atoms with Crippen molar-refractivity contribution in [3.05, 3.63) is 52.1 Å². The molecule has 0 saturated heterocycles. The number of hydrogen-bond donors (Lipinski definition) is 1. The lowest BCUT2D eigenvalue weighted by atomic mass is 10.3. The van der Waals surface area contributed by atoms with Gasteiger partial charge in [-0.25, -0.2) is 16.8 Å². The first-order chi connectivity index (χ1) is 9.70. The van der Waals surface area contributed by atoms with Crippen molar-refractivity contribution in [1.29, 1.82) is 0 Å². The van der Waals surface area contributed by atoms with Crippen LogP contribution < -0.4 is 4.72 Å². The van der Waals surface area contributed by atoms with Gasteiger partial charge in [-0.15, -0.1) is 0 Å². The molecule has 0 radical (unpaired) electrons. The highest BCUT2D eigenvalue weighted by molar-refractivity contribution is 14.1. The number of anilines is 1. The van der Waals surface area contributed by atoms with Crippen molar-refractivity contribution in [2.24, 2.45) is 0 Å². The second-order valence-electron chi connectivity index (χ2n) is 4.00. The molecule has 0 atom stereocenters. The molecule has 0 saturated carbocycles. The molecule has 1 N–H and O–H groups in total. The lowest BCUT2D eigenvalue weighted by Gasteiger charge is -2.09. The molecular formula is C12H9ClINO4S2. The van der Waals surface area contributed by atoms with E-state index in [1.54, 1.807) is 40.8 Å². The lowest BCUT2D eigenvalue weighted by Crippen LogP contribution is -2.13. The summed E-state index contributed by atoms with van der Waals surface area (Å²) in [6.45, 7) is 0. The summed E-state index contributed by atoms with van der Waals surface area (Å²) in [6, 6.07) is 11.9. The van der Waals surface area contributed by atoms with Gasteiger partial charge in [-0.05, 0) is 52.9 Å². The second kappa shape index (κ2) is 6.11. The average Bonchev–Trinajstić information content (AvgIpc) is 2.37. The summed E-state index contributed by atoms with van der Waals surface area (Å²) in [5.41, 5.74) is 0.257. The largest absolute Gasteiger partial charge is 0.280 e. The molecule has 0 aliphatic carbocycles. The van der Waals surface area contributed by atoms with E-state index >= 15 is 0 Å². The van der Waals surface area contributed by atoms with Gasteiger partial charge in [-0.1, -0.05) is 18.2 Å². The molecule has 0 fully saturated rings. The van der Waals surface area contributed by atoms with Crippen LogP contribution in [0.1, 0.15) is 0 Å². The second-order valence-corrected chi connectivity index (χ2v) is 9.38. The monoisotopic (exact) mass is 457 g/mol. The van der Waals surface area contributed by atoms with Crippen LogP contribution in [0.5, 0.6) is 0 Å². The van der Waals surface area contributed by atoms with E-state index in [1.807, 2.05) is 0 Å². The van der Waals surface area contributed by atoms with E-state index in [0.29, 0.717) is 3.57 Å². The zero-order valence-corrected chi connectivity index (χ0v) is 14.9. The third-order valence-corrected chi connectivity index (χ3v) is 6.54. The Kier molecular flexibility index (Phi) is 4.81. The first-order valence-corrected chi connectivity index (χ1v) is 10.4. The van der Waals surface area contributed by atoms with Gasteiger partial charge < -0.3 is 0 Å². The summed E-state index contributed by atoms with van der Waals surface area (Å²) in [6.07, 6.45) is 0. The maximum atomic E-state index is 12.1. The Hall–Kier alpha value is -0.840. The van der Waals surface area contributed by atoms with E-state index in [-0.39, 0.29) is 15.5 Å². The summed E-state index contributed by atoms with van der Waals surface area (Å²) >= 11 is 1.78. The highest BCUT2D eigenvalue weighted by atomic mass is 127. The molecule has 2 aromatic carbocycles. The van der Waals surface area contributed by atoms with Gasteiger partial charge in [0.05, 0.1) is 9.79 Å². The molecule has 0 spiro atoms. The fourth-order valence-corrected chi connectivity index (χ4v) is 5.35. The van der Waals surface area contributed by atoms with E-state index < -0.39 is 19.1 Å². The van der Waals surface area contributed by atoms with Crippen LogP contribution in [0, 0.1) is 3.57 Å². The molecule has 2 aromatic rings. The van der Waals surface area contributed by atoms with Gasteiger partial charge in [0, 0.05) is 19.9 Å². The molecule has 5 nitrogen and oxygen atoms in total. The lowest BCUT2D eigenvalue weighted by molar-refractivity contribution is 0.601. The molecule has 112 valence electrons. The molecule has 21 heavy (non-hydrogen) atoms. The number of rotatable bonds is 4. The van der Waals surface area contributed by atoms with Crippen molar-refractivity contribution >= 4 is 58.0 Å². The predicted molar refractivity (Wildman–Crippen MR) is 89.4 cm³/mol. The van der Waals surface area contributed by atoms with Crippen LogP contribution in [-0.2, 0) is 19.1 Å². The van der Waals surface area contributed by atoms with Gasteiger partial charge >= 0.3 is 0 Å². The van der Waals surface area contributed by atoms with Crippen LogP contribution in [-0.4, -0.2) is 16.8 Å². The smallest absolute Gasteiger partial charge is 0.262 e. The Morgan fingerprint density at radius 3 is 2.10 bits per heavy atom. The van der Waals surface area contributed by atoms with Crippen LogP contribution >= 0.6 is 33.3 Å². The maximum absolute atomic E-state index is 12.1. The summed E-state index contributed by atoms with van der Waals surface area (Å²) in [4.78, 5) is 0.0569. The first kappa shape index (κ1) is 16.5. The predicted octanol–water partition coefficient (Wildman–Crippen LogP) is 3.02. The third kappa shape index (κ3) is 4.09. The summed E-state index contributed by atoms with van der Waals surface area (Å²) in [7, 11) is -2.30. The van der Waals surface area contributed by atoms with E-state index in [2.05, 4.69) is 4.72 Å². The van der Waals surface area contributed by atoms with Gasteiger partial charge in [0.2, 0.25) is 0 Å². The van der Waals surface area contributed by atoms with Crippen molar-refractivity contribution < 1.29 is 16.8 Å². The van der Waals surface area contributed by atoms with Gasteiger partial charge in [0.15, 0.2) is 0 Å². The molecule has 0 bridgehead atoms. The number of nitrogens with one attached hydrogen (secondary N) is 1. The standard InChI is InChI=1S/C12H9ClINO4S2/c13-20(16,17)12-7-6-9(8-11(12)14)15-21(18,19)10-4-2-1-3-5-10/h1-8,15H. The molecule has 0 unspecified atom stereocenters. The van der Waals surface area contributed by atoms with Crippen LogP contribution in [0.25, 0.3) is 0 Å². The van der Waals surface area contributed by atoms with E-state index in [1.165, 1.54) is 30.3 Å². The van der Waals surface area contributed by atoms with E-state index in [0.717, 1.165) is 0 Å². The van der Waals surface area contributed by atoms with Crippen molar-refractivity contribution in [2.45, 2.75) is 9.79 Å². The fourth-order valence-electron chi connectivity index (χ4n) is 1.58. The third-order valence-electron chi connectivity index (χ3n) is 2.50. The normalized spacial score (nSPS) is 12.1. The molecule has 0 aliphatic rings. The SMILES string of the molecule is O=S(=O)(Cl)c1ccc(NS(=O)(=O)c2ccccc2)cc1I. The Balaban J connectivity index is 2.36. The molecule has 0 aromatic heterocycles. The summed E-state index contributed by atoms with van der Waals surface area (Å²) < 4.78 is 49.6. The highest BCUT2D eigenvalue weighted by Crippen LogP contribution is 2.26. The van der Waals surface area contributed by atoms with E-state index in [4.69, 9.17) is 10.7 Å². The van der Waals surface area contributed by atoms with Crippen LogP contribution in [0.2, 0.25) is 0 Å². The van der Waals surface area contributed by atoms with Gasteiger partial charge in [-0.3, -0.25) is 4.72 Å². The topological polar surface area (TPSA) is 80.3 Å². The Labute approximate surface area is 140 Å². The minimum atomic E-state index is -3.86. The van der Waals surface area contributed by atoms with Crippen LogP contribution in [0.3, 0.4) is 0 Å². The minimum Gasteiger partial charge on any atom is -0.280 e. The first-order valence-electron chi connectivity index (χ1n) is 5.52. The molecule has 9 heteroatoms. The Morgan fingerprint density at radius 2 is 1.57 bits per heavy atom. The Bertz CT molecular complexity index is 867. The quantitative estimate of drug-likeness (QED) is 0.565. The van der Waals surface area contributed by atoms with E-state index in [9.17, 15) is 16.8 Å². The fraction of sp³-hybridized carbons (Fsp3) is 0. The van der Waals surface area contributed by atoms with Crippen LogP contribution in [0.15, 0.2) is 58.3 Å². The van der Waals surface area contributed by atoms with Gasteiger partial charge in [0.25, 0.3) is 19.1 Å². The maximum Gasteiger partial charge on any atom is 0.262 e. The number of sulfonamides is 1. The molecule has 0 amide bonds. The van der Waals surface area contributed by atoms with Gasteiger partial charge in [0.1, 0.15) is 0 Å². The Morgan fingerprint density at radius 1 is 0.952 bits per heavy atom. The zero-order chi connectivity index (χ0) is 15.7. The molecule has 2 rings (SSSR count). The minimum absolute atomic E-state index is 0.0626. The summed E-state index contributed by atoms with van der Waals surface area (Å²) in [5, 5.41) is 0. The number of halogens is 2. The average molecular weight is 458 g/mol.